The third kappa shape index (κ3) is 27.9. The summed E-state index contributed by atoms with van der Waals surface area (Å²) in [6.07, 6.45) is 24.5. The Kier molecular flexibility index (Phi) is 34.8. The van der Waals surface area contributed by atoms with Gasteiger partial charge >= 0.3 is 0 Å². The average Bonchev–Trinajstić information content (AvgIpc) is 4.03. The van der Waals surface area contributed by atoms with Crippen LogP contribution in [-0.4, -0.2) is 110 Å². The first-order chi connectivity index (χ1) is 41.2. The van der Waals surface area contributed by atoms with Crippen molar-refractivity contribution in [2.75, 3.05) is 26.2 Å². The fourth-order valence-corrected chi connectivity index (χ4v) is 8.47. The number of nitrogens with one attached hydrogen (secondary N) is 7. The van der Waals surface area contributed by atoms with Crippen molar-refractivity contribution in [3.05, 3.63) is 183 Å². The number of aryl methyl sites for hydroxylation is 4. The van der Waals surface area contributed by atoms with E-state index >= 15 is 0 Å². The van der Waals surface area contributed by atoms with Crippen LogP contribution in [0.25, 0.3) is 33.1 Å². The molecule has 0 amide bonds. The molecule has 456 valence electrons. The number of aromatic nitrogens is 14. The molecule has 10 aromatic heterocycles. The Hall–Kier alpha value is -6.52. The van der Waals surface area contributed by atoms with Crippen molar-refractivity contribution in [1.82, 2.24) is 91.0 Å². The van der Waals surface area contributed by atoms with E-state index in [1.54, 1.807) is 55.5 Å². The highest BCUT2D eigenvalue weighted by atomic mass is 35.5. The Bertz CT molecular complexity index is 3400. The molecule has 0 fully saturated rings. The van der Waals surface area contributed by atoms with Crippen LogP contribution in [0.2, 0.25) is 20.9 Å². The van der Waals surface area contributed by atoms with Crippen molar-refractivity contribution in [3.8, 4) is 0 Å². The molecule has 86 heavy (non-hydrogen) atoms. The highest BCUT2D eigenvalue weighted by Crippen LogP contribution is 2.17. The molecule has 10 heterocycles. The molecule has 0 bridgehead atoms. The molecule has 10 aromatic rings. The second-order valence-electron chi connectivity index (χ2n) is 17.5. The third-order valence-corrected chi connectivity index (χ3v) is 12.8. The number of nitrogens with two attached hydrogens (primary N) is 3. The number of nitrogens with zero attached hydrogens (tertiary/aromatic N) is 11. The van der Waals surface area contributed by atoms with Crippen LogP contribution >= 0.6 is 106 Å². The summed E-state index contributed by atoms with van der Waals surface area (Å²) in [5.74, 6) is 1.51. The lowest BCUT2D eigenvalue weighted by Gasteiger charge is -2.11. The average molecular weight is 1340 g/mol. The van der Waals surface area contributed by atoms with Crippen LogP contribution in [-0.2, 0) is 45.3 Å². The molecule has 0 saturated carbocycles. The molecule has 0 aliphatic rings. The van der Waals surface area contributed by atoms with Gasteiger partial charge in [-0.3, -0.25) is 0 Å². The monoisotopic (exact) mass is 1340 g/mol. The second-order valence-corrected chi connectivity index (χ2v) is 21.6. The number of fused-ring (bicyclic) bond motifs is 3. The van der Waals surface area contributed by atoms with Crippen LogP contribution in [0, 0.1) is 0 Å². The lowest BCUT2D eigenvalue weighted by Crippen LogP contribution is -2.35. The second kappa shape index (κ2) is 41.6. The third-order valence-electron chi connectivity index (χ3n) is 11.5. The first-order valence-corrected chi connectivity index (χ1v) is 29.9. The number of pyridine rings is 3. The molecule has 10 rings (SSSR count). The molecule has 0 unspecified atom stereocenters. The molecule has 0 spiro atoms. The summed E-state index contributed by atoms with van der Waals surface area (Å²) in [7, 11) is 0. The van der Waals surface area contributed by atoms with Gasteiger partial charge in [0.1, 0.15) is 38.9 Å². The largest absolute Gasteiger partial charge is 0.363 e. The standard InChI is InChI=1S/2C16H17ClN6S.C8H9N3.2C7H10ClN3.CCl2S.CH4/c17-13-5-9-18-14(23-13)2-1-6-21-16(24)22-10-11-3-7-19-15-12(11)4-8-20-15;17-15-20-8-4-12(23-15)2-1-6-21-16(24)22-10-11-3-7-18-14-13(11)5-9-19-14;9-5-6-1-3-10-8-7(6)2-4-11-8;8-6-3-5-10-7(11-6)2-1-4-9;8-7-10-5-3-6(11-7)2-1-4-9;2-1(3)4;/h3-5,7-9H,1-2,6,10H2,(H,19,20)(H2,21,22,24);3-5,7-9H,1-2,6,10H2,(H,18,19)(H2,21,22,24);1-4H,5,9H2,(H,10,11);2*3,5H,1-2,4,9H2;;1H4. The SMILES string of the molecule is C.NCCCc1ccnc(Cl)n1.NCCCc1nccc(Cl)n1.NCc1ccnc2[nH]ccc12.S=C(Cl)Cl.S=C(NCCCc1ccnc(Cl)n1)NCc1ccnc2[nH]ccc12.S=C(NCCCc1nccc(Cl)n1)NCc1ccnc2[nH]ccc12. The van der Waals surface area contributed by atoms with E-state index in [0.29, 0.717) is 58.5 Å². The minimum absolute atomic E-state index is 0. The van der Waals surface area contributed by atoms with Gasteiger partial charge < -0.3 is 53.4 Å². The maximum Gasteiger partial charge on any atom is 0.222 e. The Morgan fingerprint density at radius 1 is 0.430 bits per heavy atom. The molecule has 21 nitrogen and oxygen atoms in total. The highest BCUT2D eigenvalue weighted by Gasteiger charge is 2.07. The van der Waals surface area contributed by atoms with E-state index in [9.17, 15) is 0 Å². The van der Waals surface area contributed by atoms with Crippen LogP contribution in [0.1, 0.15) is 72.8 Å². The van der Waals surface area contributed by atoms with E-state index in [-0.39, 0.29) is 16.5 Å². The van der Waals surface area contributed by atoms with Crippen molar-refractivity contribution in [2.45, 2.75) is 78.4 Å². The highest BCUT2D eigenvalue weighted by molar-refractivity contribution is 7.86. The predicted octanol–water partition coefficient (Wildman–Crippen LogP) is 10.7. The van der Waals surface area contributed by atoms with E-state index in [1.807, 2.05) is 67.1 Å². The summed E-state index contributed by atoms with van der Waals surface area (Å²) < 4.78 is -0.0556. The number of hydrogen-bond donors (Lipinski definition) is 10. The van der Waals surface area contributed by atoms with Crippen LogP contribution in [0.15, 0.2) is 123 Å². The van der Waals surface area contributed by atoms with Crippen LogP contribution in [0.3, 0.4) is 0 Å². The molecule has 0 aliphatic carbocycles. The molecule has 0 atom stereocenters. The zero-order valence-electron chi connectivity index (χ0n) is 45.8. The number of halogens is 6. The molecule has 13 N–H and O–H groups in total. The molecule has 0 aliphatic heterocycles. The maximum atomic E-state index is 5.84. The Morgan fingerprint density at radius 3 is 1.20 bits per heavy atom. The minimum Gasteiger partial charge on any atom is -0.363 e. The smallest absolute Gasteiger partial charge is 0.222 e. The fraction of sp³-hybridized carbons (Fsp3) is 0.286. The van der Waals surface area contributed by atoms with Crippen molar-refractivity contribution >= 4 is 153 Å². The van der Waals surface area contributed by atoms with E-state index in [1.165, 1.54) is 0 Å². The quantitative estimate of drug-likeness (QED) is 0.0118. The van der Waals surface area contributed by atoms with E-state index < -0.39 is 0 Å². The van der Waals surface area contributed by atoms with Gasteiger partial charge in [0.25, 0.3) is 0 Å². The summed E-state index contributed by atoms with van der Waals surface area (Å²) in [5, 5.41) is 19.0. The lowest BCUT2D eigenvalue weighted by molar-refractivity contribution is 0.728. The fourth-order valence-electron chi connectivity index (χ4n) is 7.49. The van der Waals surface area contributed by atoms with E-state index in [4.69, 9.17) is 111 Å². The zero-order valence-corrected chi connectivity index (χ0v) is 52.8. The van der Waals surface area contributed by atoms with Gasteiger partial charge in [0.05, 0.1) is 0 Å². The van der Waals surface area contributed by atoms with Crippen molar-refractivity contribution in [1.29, 1.82) is 0 Å². The number of aromatic amines is 3. The van der Waals surface area contributed by atoms with Gasteiger partial charge in [-0.25, -0.2) is 54.8 Å². The van der Waals surface area contributed by atoms with Crippen LogP contribution < -0.4 is 38.5 Å². The Balaban J connectivity index is 0.000000236. The van der Waals surface area contributed by atoms with Gasteiger partial charge in [-0.05, 0) is 177 Å². The Morgan fingerprint density at radius 2 is 0.791 bits per heavy atom. The summed E-state index contributed by atoms with van der Waals surface area (Å²) in [5.41, 5.74) is 24.2. The van der Waals surface area contributed by atoms with Gasteiger partial charge in [0, 0.05) is 135 Å². The number of H-pyrrole nitrogens is 3. The molecule has 0 saturated heterocycles. The van der Waals surface area contributed by atoms with Crippen LogP contribution in [0.4, 0.5) is 0 Å². The number of rotatable bonds is 19. The van der Waals surface area contributed by atoms with Gasteiger partial charge in [-0.2, -0.15) is 0 Å². The van der Waals surface area contributed by atoms with Crippen molar-refractivity contribution in [2.24, 2.45) is 17.2 Å². The Labute approximate surface area is 545 Å². The predicted molar refractivity (Wildman–Crippen MR) is 362 cm³/mol. The molecule has 0 radical (unpaired) electrons. The first-order valence-electron chi connectivity index (χ1n) is 26.4. The van der Waals surface area contributed by atoms with E-state index in [0.717, 1.165) is 137 Å². The number of hydrogen-bond acceptors (Lipinski definition) is 17. The topological polar surface area (TPSA) is 315 Å². The molecular formula is C56H67Cl6N21S3. The van der Waals surface area contributed by atoms with Gasteiger partial charge in [-0.1, -0.05) is 66.0 Å². The summed E-state index contributed by atoms with van der Waals surface area (Å²) in [6.45, 7) is 4.74. The summed E-state index contributed by atoms with van der Waals surface area (Å²) >= 11 is 47.0. The molecule has 30 heteroatoms. The maximum absolute atomic E-state index is 5.84. The minimum atomic E-state index is -0.0556. The molecular weight excluding hydrogens is 1280 g/mol. The summed E-state index contributed by atoms with van der Waals surface area (Å²) in [6, 6.07) is 19.0. The van der Waals surface area contributed by atoms with Crippen molar-refractivity contribution in [3.63, 3.8) is 0 Å². The summed E-state index contributed by atoms with van der Waals surface area (Å²) in [4.78, 5) is 54.1. The first kappa shape index (κ1) is 72.0. The van der Waals surface area contributed by atoms with Gasteiger partial charge in [0.2, 0.25) is 10.6 Å². The lowest BCUT2D eigenvalue weighted by atomic mass is 10.2. The molecule has 0 aromatic carbocycles. The van der Waals surface area contributed by atoms with Gasteiger partial charge in [-0.15, -0.1) is 0 Å². The van der Waals surface area contributed by atoms with Crippen molar-refractivity contribution < 1.29 is 0 Å². The number of thiocarbonyl (C=S) groups is 3. The normalized spacial score (nSPS) is 10.2. The van der Waals surface area contributed by atoms with E-state index in [2.05, 4.69) is 103 Å². The van der Waals surface area contributed by atoms with Crippen LogP contribution in [0.5, 0.6) is 0 Å². The zero-order chi connectivity index (χ0) is 61.0. The van der Waals surface area contributed by atoms with Gasteiger partial charge in [0.15, 0.2) is 14.0 Å².